The van der Waals surface area contributed by atoms with Crippen LogP contribution >= 0.6 is 0 Å². The Morgan fingerprint density at radius 2 is 1.79 bits per heavy atom. The van der Waals surface area contributed by atoms with E-state index < -0.39 is 79.4 Å². The van der Waals surface area contributed by atoms with Crippen molar-refractivity contribution in [3.63, 3.8) is 0 Å². The molecule has 12 heteroatoms. The lowest BCUT2D eigenvalue weighted by Gasteiger charge is -2.43. The van der Waals surface area contributed by atoms with Crippen LogP contribution in [0, 0.1) is 17.8 Å². The van der Waals surface area contributed by atoms with Crippen LogP contribution in [0.2, 0.25) is 0 Å². The molecule has 4 rings (SSSR count). The number of ether oxygens (including phenoxy) is 5. The zero-order valence-electron chi connectivity index (χ0n) is 20.8. The lowest BCUT2D eigenvalue weighted by atomic mass is 9.83. The molecule has 0 unspecified atom stereocenters. The molecule has 1 saturated carbocycles. The van der Waals surface area contributed by atoms with E-state index in [-0.39, 0.29) is 12.0 Å². The summed E-state index contributed by atoms with van der Waals surface area (Å²) in [5.41, 5.74) is 0.746. The average molecular weight is 537 g/mol. The minimum absolute atomic E-state index is 0.0113. The van der Waals surface area contributed by atoms with E-state index in [9.17, 15) is 35.1 Å². The first-order valence-electron chi connectivity index (χ1n) is 12.2. The summed E-state index contributed by atoms with van der Waals surface area (Å²) in [5.74, 6) is -2.75. The van der Waals surface area contributed by atoms with Crippen molar-refractivity contribution in [1.29, 1.82) is 0 Å². The minimum atomic E-state index is -1.66. The Kier molecular flexibility index (Phi) is 8.71. The van der Waals surface area contributed by atoms with Crippen LogP contribution in [0.5, 0.6) is 5.75 Å². The third-order valence-corrected chi connectivity index (χ3v) is 7.35. The molecule has 0 aromatic heterocycles. The maximum absolute atomic E-state index is 12.6. The predicted octanol–water partition coefficient (Wildman–Crippen LogP) is 0.0337. The van der Waals surface area contributed by atoms with E-state index in [0.29, 0.717) is 5.75 Å². The summed E-state index contributed by atoms with van der Waals surface area (Å²) < 4.78 is 27.6. The van der Waals surface area contributed by atoms with Crippen molar-refractivity contribution in [1.82, 2.24) is 0 Å². The Balaban J connectivity index is 1.47. The van der Waals surface area contributed by atoms with Gasteiger partial charge < -0.3 is 49.2 Å². The molecule has 1 aliphatic carbocycles. The van der Waals surface area contributed by atoms with E-state index in [0.717, 1.165) is 11.8 Å². The fourth-order valence-electron chi connectivity index (χ4n) is 5.19. The third kappa shape index (κ3) is 5.70. The summed E-state index contributed by atoms with van der Waals surface area (Å²) in [6, 6.07) is 7.06. The SMILES string of the molecule is COc1ccc(/C=C/C(=O)O[C@H]2C[C@@H]3C(C(=O)O)=CO[C@@H](O[C@@H]4O[C@H](CO)[C@@H](O)[C@H](O)[C@H]4O)[C@@H]3[C@@H]2C)cc1. The Morgan fingerprint density at radius 1 is 1.08 bits per heavy atom. The molecule has 0 radical (unpaired) electrons. The fourth-order valence-corrected chi connectivity index (χ4v) is 5.19. The number of aliphatic hydroxyl groups is 4. The van der Waals surface area contributed by atoms with Crippen molar-refractivity contribution < 1.29 is 58.8 Å². The second-order valence-electron chi connectivity index (χ2n) is 9.58. The monoisotopic (exact) mass is 536 g/mol. The zero-order valence-corrected chi connectivity index (χ0v) is 20.8. The number of carboxylic acids is 1. The van der Waals surface area contributed by atoms with Crippen molar-refractivity contribution in [3.8, 4) is 5.75 Å². The number of rotatable bonds is 8. The number of aliphatic hydroxyl groups excluding tert-OH is 4. The van der Waals surface area contributed by atoms with Crippen LogP contribution in [0.3, 0.4) is 0 Å². The summed E-state index contributed by atoms with van der Waals surface area (Å²) in [4.78, 5) is 24.5. The van der Waals surface area contributed by atoms with Gasteiger partial charge in [0.15, 0.2) is 6.29 Å². The van der Waals surface area contributed by atoms with Crippen LogP contribution < -0.4 is 4.74 Å². The van der Waals surface area contributed by atoms with Crippen LogP contribution in [0.4, 0.5) is 0 Å². The molecule has 5 N–H and O–H groups in total. The van der Waals surface area contributed by atoms with Gasteiger partial charge in [0.2, 0.25) is 6.29 Å². The van der Waals surface area contributed by atoms with Crippen molar-refractivity contribution in [3.05, 3.63) is 47.7 Å². The van der Waals surface area contributed by atoms with Crippen LogP contribution in [-0.4, -0.2) is 94.3 Å². The van der Waals surface area contributed by atoms with Crippen molar-refractivity contribution in [2.45, 2.75) is 56.4 Å². The molecule has 0 amide bonds. The molecule has 0 bridgehead atoms. The second kappa shape index (κ2) is 11.8. The van der Waals surface area contributed by atoms with Gasteiger partial charge in [-0.05, 0) is 30.2 Å². The number of aliphatic carboxylic acids is 1. The number of benzene rings is 1. The van der Waals surface area contributed by atoms with Gasteiger partial charge in [-0.15, -0.1) is 0 Å². The lowest BCUT2D eigenvalue weighted by Crippen LogP contribution is -2.60. The molecule has 0 spiro atoms. The van der Waals surface area contributed by atoms with Crippen LogP contribution in [0.25, 0.3) is 6.08 Å². The molecule has 1 aromatic rings. The van der Waals surface area contributed by atoms with Crippen molar-refractivity contribution >= 4 is 18.0 Å². The van der Waals surface area contributed by atoms with E-state index in [1.54, 1.807) is 44.4 Å². The summed E-state index contributed by atoms with van der Waals surface area (Å²) in [5, 5.41) is 49.6. The van der Waals surface area contributed by atoms with Crippen molar-refractivity contribution in [2.24, 2.45) is 17.8 Å². The van der Waals surface area contributed by atoms with Crippen LogP contribution in [-0.2, 0) is 28.5 Å². The first-order valence-corrected chi connectivity index (χ1v) is 12.2. The normalized spacial score (nSPS) is 36.7. The standard InChI is InChI=1S/C26H32O12/c1-12-17(36-19(28)8-5-13-3-6-14(34-2)7-4-13)9-15-16(24(32)33)11-35-25(20(12)15)38-26-23(31)22(30)21(29)18(10-27)37-26/h3-8,11-12,15,17-18,20-23,25-27,29-31H,9-10H2,1-2H3,(H,32,33)/b8-5+/t12-,15-,17+,18-,20-,21-,22+,23-,25+,26+/m1/s1. The number of esters is 1. The first-order chi connectivity index (χ1) is 18.1. The van der Waals surface area contributed by atoms with Gasteiger partial charge >= 0.3 is 11.9 Å². The summed E-state index contributed by atoms with van der Waals surface area (Å²) in [6.07, 6.45) is -5.20. The molecule has 2 heterocycles. The topological polar surface area (TPSA) is 181 Å². The number of carbonyl (C=O) groups is 2. The Morgan fingerprint density at radius 3 is 2.42 bits per heavy atom. The highest BCUT2D eigenvalue weighted by atomic mass is 16.8. The van der Waals surface area contributed by atoms with Gasteiger partial charge in [0.25, 0.3) is 0 Å². The number of methoxy groups -OCH3 is 1. The molecule has 1 aromatic carbocycles. The molecule has 10 atom stereocenters. The van der Waals surface area contributed by atoms with Gasteiger partial charge in [-0.3, -0.25) is 0 Å². The molecule has 38 heavy (non-hydrogen) atoms. The number of carbonyl (C=O) groups excluding carboxylic acids is 1. The van der Waals surface area contributed by atoms with Crippen molar-refractivity contribution in [2.75, 3.05) is 13.7 Å². The number of fused-ring (bicyclic) bond motifs is 1. The smallest absolute Gasteiger partial charge is 0.334 e. The first kappa shape index (κ1) is 28.0. The highest BCUT2D eigenvalue weighted by molar-refractivity contribution is 5.88. The Hall–Kier alpha value is -3.00. The third-order valence-electron chi connectivity index (χ3n) is 7.35. The van der Waals surface area contributed by atoms with Crippen LogP contribution in [0.15, 0.2) is 42.2 Å². The maximum Gasteiger partial charge on any atom is 0.334 e. The summed E-state index contributed by atoms with van der Waals surface area (Å²) in [7, 11) is 1.55. The van der Waals surface area contributed by atoms with Gasteiger partial charge in [-0.25, -0.2) is 9.59 Å². The molecular weight excluding hydrogens is 504 g/mol. The molecular formula is C26H32O12. The predicted molar refractivity (Wildman–Crippen MR) is 128 cm³/mol. The largest absolute Gasteiger partial charge is 0.497 e. The summed E-state index contributed by atoms with van der Waals surface area (Å²) >= 11 is 0. The van der Waals surface area contributed by atoms with E-state index in [1.165, 1.54) is 6.08 Å². The van der Waals surface area contributed by atoms with Gasteiger partial charge in [-0.2, -0.15) is 0 Å². The highest BCUT2D eigenvalue weighted by Gasteiger charge is 2.54. The number of hydrogen-bond donors (Lipinski definition) is 5. The molecule has 1 saturated heterocycles. The molecule has 2 aliphatic heterocycles. The van der Waals surface area contributed by atoms with E-state index in [2.05, 4.69) is 0 Å². The summed E-state index contributed by atoms with van der Waals surface area (Å²) in [6.45, 7) is 1.14. The molecule has 208 valence electrons. The van der Waals surface area contributed by atoms with Gasteiger partial charge in [0.05, 0.1) is 25.6 Å². The van der Waals surface area contributed by atoms with Crippen LogP contribution in [0.1, 0.15) is 18.9 Å². The van der Waals surface area contributed by atoms with Gasteiger partial charge in [0, 0.05) is 23.8 Å². The Bertz CT molecular complexity index is 1050. The average Bonchev–Trinajstić information content (AvgIpc) is 3.23. The zero-order chi connectivity index (χ0) is 27.6. The highest BCUT2D eigenvalue weighted by Crippen LogP contribution is 2.48. The minimum Gasteiger partial charge on any atom is -0.497 e. The quantitative estimate of drug-likeness (QED) is 0.222. The second-order valence-corrected chi connectivity index (χ2v) is 9.58. The van der Waals surface area contributed by atoms with E-state index in [4.69, 9.17) is 23.7 Å². The molecule has 2 fully saturated rings. The Labute approximate surface area is 218 Å². The molecule has 3 aliphatic rings. The molecule has 12 nitrogen and oxygen atoms in total. The fraction of sp³-hybridized carbons (Fsp3) is 0.538. The van der Waals surface area contributed by atoms with Gasteiger partial charge in [-0.1, -0.05) is 19.1 Å². The number of hydrogen-bond acceptors (Lipinski definition) is 11. The maximum atomic E-state index is 12.6. The van der Waals surface area contributed by atoms with Gasteiger partial charge in [0.1, 0.15) is 36.3 Å². The van der Waals surface area contributed by atoms with E-state index in [1.807, 2.05) is 0 Å². The number of carboxylic acid groups (broad SMARTS) is 1. The lowest BCUT2D eigenvalue weighted by molar-refractivity contribution is -0.342. The van der Waals surface area contributed by atoms with E-state index >= 15 is 0 Å².